The minimum atomic E-state index is -0.844. The number of Topliss-reactive ketones (excluding diaryl/α,β-unsaturated/α-hetero) is 1. The Morgan fingerprint density at radius 3 is 2.03 bits per heavy atom. The van der Waals surface area contributed by atoms with Gasteiger partial charge in [0.05, 0.1) is 5.56 Å². The maximum absolute atomic E-state index is 12.6. The maximum atomic E-state index is 12.6. The fourth-order valence-corrected chi connectivity index (χ4v) is 2.75. The van der Waals surface area contributed by atoms with Crippen LogP contribution in [-0.4, -0.2) is 23.7 Å². The van der Waals surface area contributed by atoms with Gasteiger partial charge in [0.1, 0.15) is 5.75 Å². The van der Waals surface area contributed by atoms with Crippen molar-refractivity contribution in [2.45, 2.75) is 20.0 Å². The summed E-state index contributed by atoms with van der Waals surface area (Å²) in [5.41, 5.74) is 2.11. The second-order valence-electron chi connectivity index (χ2n) is 6.70. The molecule has 152 valence electrons. The second-order valence-corrected chi connectivity index (χ2v) is 6.70. The van der Waals surface area contributed by atoms with Crippen molar-refractivity contribution in [1.82, 2.24) is 0 Å². The molecule has 0 radical (unpaired) electrons. The van der Waals surface area contributed by atoms with E-state index in [-0.39, 0.29) is 17.6 Å². The van der Waals surface area contributed by atoms with E-state index in [1.807, 2.05) is 18.2 Å². The largest absolute Gasteiger partial charge is 0.480 e. The Hall–Kier alpha value is -3.93. The SMILES string of the molecule is CC(=O)c1ccc(NC(=O)[C@@H](C)Oc2ccccc2C(=O)Nc2ccccc2)cc1. The molecule has 0 aliphatic rings. The average Bonchev–Trinajstić information content (AvgIpc) is 2.75. The van der Waals surface area contributed by atoms with Crippen LogP contribution in [0.3, 0.4) is 0 Å². The van der Waals surface area contributed by atoms with Gasteiger partial charge in [0.15, 0.2) is 11.9 Å². The summed E-state index contributed by atoms with van der Waals surface area (Å²) in [6, 6.07) is 22.4. The summed E-state index contributed by atoms with van der Waals surface area (Å²) in [4.78, 5) is 36.5. The lowest BCUT2D eigenvalue weighted by molar-refractivity contribution is -0.122. The van der Waals surface area contributed by atoms with Crippen molar-refractivity contribution in [3.63, 3.8) is 0 Å². The third-order valence-corrected chi connectivity index (χ3v) is 4.40. The zero-order valence-electron chi connectivity index (χ0n) is 16.7. The third-order valence-electron chi connectivity index (χ3n) is 4.40. The number of hydrogen-bond acceptors (Lipinski definition) is 4. The summed E-state index contributed by atoms with van der Waals surface area (Å²) in [7, 11) is 0. The van der Waals surface area contributed by atoms with Gasteiger partial charge in [0.25, 0.3) is 11.8 Å². The van der Waals surface area contributed by atoms with Gasteiger partial charge in [-0.3, -0.25) is 14.4 Å². The molecule has 3 aromatic rings. The predicted molar refractivity (Wildman–Crippen MR) is 116 cm³/mol. The molecule has 30 heavy (non-hydrogen) atoms. The molecular formula is C24H22N2O4. The lowest BCUT2D eigenvalue weighted by Gasteiger charge is -2.17. The summed E-state index contributed by atoms with van der Waals surface area (Å²) in [5.74, 6) is -0.441. The first kappa shape index (κ1) is 20.8. The highest BCUT2D eigenvalue weighted by Gasteiger charge is 2.19. The molecule has 6 nitrogen and oxygen atoms in total. The Bertz CT molecular complexity index is 1050. The third kappa shape index (κ3) is 5.32. The topological polar surface area (TPSA) is 84.5 Å². The van der Waals surface area contributed by atoms with Crippen LogP contribution >= 0.6 is 0 Å². The summed E-state index contributed by atoms with van der Waals surface area (Å²) in [6.07, 6.45) is -0.844. The van der Waals surface area contributed by atoms with Gasteiger partial charge in [-0.15, -0.1) is 0 Å². The molecule has 0 saturated heterocycles. The number of hydrogen-bond donors (Lipinski definition) is 2. The van der Waals surface area contributed by atoms with E-state index in [0.29, 0.717) is 28.3 Å². The minimum absolute atomic E-state index is 0.0463. The van der Waals surface area contributed by atoms with Crippen LogP contribution in [0.1, 0.15) is 34.6 Å². The molecule has 0 aliphatic carbocycles. The molecule has 2 N–H and O–H groups in total. The van der Waals surface area contributed by atoms with E-state index in [1.165, 1.54) is 6.92 Å². The Kier molecular flexibility index (Phi) is 6.60. The molecule has 0 fully saturated rings. The first-order valence-electron chi connectivity index (χ1n) is 9.48. The van der Waals surface area contributed by atoms with Gasteiger partial charge in [-0.1, -0.05) is 30.3 Å². The smallest absolute Gasteiger partial charge is 0.265 e. The average molecular weight is 402 g/mol. The zero-order chi connectivity index (χ0) is 21.5. The van der Waals surface area contributed by atoms with E-state index in [4.69, 9.17) is 4.74 Å². The number of benzene rings is 3. The van der Waals surface area contributed by atoms with Crippen LogP contribution in [-0.2, 0) is 4.79 Å². The molecule has 2 amide bonds. The van der Waals surface area contributed by atoms with Crippen LogP contribution in [0, 0.1) is 0 Å². The second kappa shape index (κ2) is 9.52. The number of ether oxygens (including phenoxy) is 1. The summed E-state index contributed by atoms with van der Waals surface area (Å²) in [6.45, 7) is 3.08. The van der Waals surface area contributed by atoms with Crippen molar-refractivity contribution >= 4 is 29.0 Å². The van der Waals surface area contributed by atoms with Gasteiger partial charge in [-0.05, 0) is 62.4 Å². The maximum Gasteiger partial charge on any atom is 0.265 e. The molecule has 0 saturated carbocycles. The highest BCUT2D eigenvalue weighted by Crippen LogP contribution is 2.21. The Morgan fingerprint density at radius 2 is 1.37 bits per heavy atom. The van der Waals surface area contributed by atoms with E-state index >= 15 is 0 Å². The number of para-hydroxylation sites is 2. The van der Waals surface area contributed by atoms with Gasteiger partial charge in [-0.2, -0.15) is 0 Å². The van der Waals surface area contributed by atoms with Crippen molar-refractivity contribution in [2.75, 3.05) is 10.6 Å². The molecule has 1 atom stereocenters. The van der Waals surface area contributed by atoms with Crippen LogP contribution in [0.4, 0.5) is 11.4 Å². The van der Waals surface area contributed by atoms with Crippen LogP contribution in [0.2, 0.25) is 0 Å². The predicted octanol–water partition coefficient (Wildman–Crippen LogP) is 4.55. The van der Waals surface area contributed by atoms with Gasteiger partial charge < -0.3 is 15.4 Å². The lowest BCUT2D eigenvalue weighted by atomic mass is 10.1. The van der Waals surface area contributed by atoms with E-state index in [0.717, 1.165) is 0 Å². The molecule has 0 aromatic heterocycles. The van der Waals surface area contributed by atoms with Crippen molar-refractivity contribution in [2.24, 2.45) is 0 Å². The Morgan fingerprint density at radius 1 is 0.767 bits per heavy atom. The molecule has 3 rings (SSSR count). The van der Waals surface area contributed by atoms with E-state index < -0.39 is 6.10 Å². The highest BCUT2D eigenvalue weighted by atomic mass is 16.5. The van der Waals surface area contributed by atoms with E-state index in [2.05, 4.69) is 10.6 Å². The van der Waals surface area contributed by atoms with E-state index in [1.54, 1.807) is 67.6 Å². The molecular weight excluding hydrogens is 380 g/mol. The van der Waals surface area contributed by atoms with Gasteiger partial charge in [0.2, 0.25) is 0 Å². The number of nitrogens with one attached hydrogen (secondary N) is 2. The highest BCUT2D eigenvalue weighted by molar-refractivity contribution is 6.06. The van der Waals surface area contributed by atoms with Crippen LogP contribution < -0.4 is 15.4 Å². The fraction of sp³-hybridized carbons (Fsp3) is 0.125. The standard InChI is InChI=1S/C24H22N2O4/c1-16(27)18-12-14-20(15-13-18)25-23(28)17(2)30-22-11-7-6-10-21(22)24(29)26-19-8-4-3-5-9-19/h3-15,17H,1-2H3,(H,25,28)(H,26,29)/t17-/m1/s1. The monoisotopic (exact) mass is 402 g/mol. The molecule has 0 heterocycles. The van der Waals surface area contributed by atoms with Crippen LogP contribution in [0.15, 0.2) is 78.9 Å². The lowest BCUT2D eigenvalue weighted by Crippen LogP contribution is -2.30. The molecule has 6 heteroatoms. The van der Waals surface area contributed by atoms with Crippen molar-refractivity contribution in [3.05, 3.63) is 90.0 Å². The van der Waals surface area contributed by atoms with Crippen molar-refractivity contribution < 1.29 is 19.1 Å². The first-order valence-corrected chi connectivity index (χ1v) is 9.48. The summed E-state index contributed by atoms with van der Waals surface area (Å²) < 4.78 is 5.77. The summed E-state index contributed by atoms with van der Waals surface area (Å²) in [5, 5.41) is 5.55. The molecule has 3 aromatic carbocycles. The van der Waals surface area contributed by atoms with Gasteiger partial charge in [-0.25, -0.2) is 0 Å². The minimum Gasteiger partial charge on any atom is -0.480 e. The molecule has 0 aliphatic heterocycles. The van der Waals surface area contributed by atoms with Gasteiger partial charge in [0, 0.05) is 16.9 Å². The number of carbonyl (C=O) groups is 3. The number of ketones is 1. The van der Waals surface area contributed by atoms with E-state index in [9.17, 15) is 14.4 Å². The van der Waals surface area contributed by atoms with Crippen LogP contribution in [0.25, 0.3) is 0 Å². The van der Waals surface area contributed by atoms with Crippen molar-refractivity contribution in [1.29, 1.82) is 0 Å². The fourth-order valence-electron chi connectivity index (χ4n) is 2.75. The number of amides is 2. The molecule has 0 spiro atoms. The Balaban J connectivity index is 1.67. The number of carbonyl (C=O) groups excluding carboxylic acids is 3. The number of rotatable bonds is 7. The first-order chi connectivity index (χ1) is 14.4. The quantitative estimate of drug-likeness (QED) is 0.568. The van der Waals surface area contributed by atoms with Crippen molar-refractivity contribution in [3.8, 4) is 5.75 Å². The summed E-state index contributed by atoms with van der Waals surface area (Å²) >= 11 is 0. The Labute approximate surface area is 174 Å². The number of anilines is 2. The van der Waals surface area contributed by atoms with Crippen LogP contribution in [0.5, 0.6) is 5.75 Å². The zero-order valence-corrected chi connectivity index (χ0v) is 16.7. The normalized spacial score (nSPS) is 11.3. The van der Waals surface area contributed by atoms with Gasteiger partial charge >= 0.3 is 0 Å². The molecule has 0 unspecified atom stereocenters. The molecule has 0 bridgehead atoms.